The van der Waals surface area contributed by atoms with Gasteiger partial charge in [0.2, 0.25) is 0 Å². The lowest BCUT2D eigenvalue weighted by atomic mass is 10.1. The molecule has 1 unspecified atom stereocenters. The number of carbonyl (C=O) groups is 2. The Morgan fingerprint density at radius 3 is 2.44 bits per heavy atom. The second-order valence-electron chi connectivity index (χ2n) is 5.61. The maximum atomic E-state index is 12.7. The molecular formula is C18H17N3O5S. The van der Waals surface area contributed by atoms with E-state index >= 15 is 0 Å². The molecule has 1 aliphatic heterocycles. The first kappa shape index (κ1) is 18.5. The highest BCUT2D eigenvalue weighted by Crippen LogP contribution is 2.24. The van der Waals surface area contributed by atoms with Gasteiger partial charge in [-0.3, -0.25) is 0 Å². The van der Waals surface area contributed by atoms with E-state index in [1.165, 1.54) is 24.3 Å². The first-order chi connectivity index (χ1) is 12.9. The fraction of sp³-hybridized carbons (Fsp3) is 0.111. The number of hydrogen-bond donors (Lipinski definition) is 2. The van der Waals surface area contributed by atoms with Crippen LogP contribution in [-0.2, 0) is 14.8 Å². The normalized spacial score (nSPS) is 15.9. The Labute approximate surface area is 156 Å². The van der Waals surface area contributed by atoms with E-state index in [0.717, 1.165) is 17.7 Å². The quantitative estimate of drug-likeness (QED) is 0.777. The molecule has 0 aromatic heterocycles. The molecule has 2 N–H and O–H groups in total. The Bertz CT molecular complexity index is 989. The Balaban J connectivity index is 1.85. The van der Waals surface area contributed by atoms with Crippen molar-refractivity contribution < 1.29 is 22.7 Å². The van der Waals surface area contributed by atoms with Crippen molar-refractivity contribution in [2.24, 2.45) is 0 Å². The summed E-state index contributed by atoms with van der Waals surface area (Å²) in [7, 11) is -3.15. The van der Waals surface area contributed by atoms with E-state index in [1.807, 2.05) is 35.1 Å². The van der Waals surface area contributed by atoms with Crippen LogP contribution >= 0.6 is 0 Å². The number of urea groups is 1. The molecule has 2 aromatic rings. The van der Waals surface area contributed by atoms with Crippen molar-refractivity contribution in [2.75, 3.05) is 7.11 Å². The minimum atomic E-state index is -4.30. The molecule has 0 saturated carbocycles. The number of nitrogens with one attached hydrogen (secondary N) is 2. The lowest BCUT2D eigenvalue weighted by Gasteiger charge is -2.25. The molecule has 0 spiro atoms. The topological polar surface area (TPSA) is 105 Å². The van der Waals surface area contributed by atoms with E-state index in [4.69, 9.17) is 0 Å². The molecule has 0 radical (unpaired) electrons. The molecule has 2 aromatic carbocycles. The highest BCUT2D eigenvalue weighted by Gasteiger charge is 2.31. The number of amides is 2. The summed E-state index contributed by atoms with van der Waals surface area (Å²) >= 11 is 0. The van der Waals surface area contributed by atoms with Crippen molar-refractivity contribution in [3.05, 3.63) is 78.0 Å². The van der Waals surface area contributed by atoms with Gasteiger partial charge in [0, 0.05) is 6.20 Å². The maximum absolute atomic E-state index is 12.7. The van der Waals surface area contributed by atoms with Crippen LogP contribution in [0.3, 0.4) is 0 Å². The summed E-state index contributed by atoms with van der Waals surface area (Å²) in [5.41, 5.74) is 3.36. The van der Waals surface area contributed by atoms with E-state index in [1.54, 1.807) is 12.3 Å². The number of nitrogens with zero attached hydrogens (tertiary/aromatic N) is 1. The third-order valence-corrected chi connectivity index (χ3v) is 5.31. The summed E-state index contributed by atoms with van der Waals surface area (Å²) in [4.78, 5) is 24.1. The van der Waals surface area contributed by atoms with Gasteiger partial charge in [-0.1, -0.05) is 42.5 Å². The summed E-state index contributed by atoms with van der Waals surface area (Å²) in [6.45, 7) is 0. The smallest absolute Gasteiger partial charge is 0.350 e. The van der Waals surface area contributed by atoms with E-state index < -0.39 is 28.1 Å². The number of sulfonamides is 1. The molecule has 2 amide bonds. The molecule has 1 aliphatic rings. The zero-order valence-corrected chi connectivity index (χ0v) is 15.1. The van der Waals surface area contributed by atoms with Crippen LogP contribution in [0.1, 0.15) is 22.0 Å². The number of hydrazine groups is 1. The molecule has 140 valence electrons. The Hall–Kier alpha value is -3.33. The van der Waals surface area contributed by atoms with Crippen molar-refractivity contribution >= 4 is 22.0 Å². The van der Waals surface area contributed by atoms with Crippen LogP contribution in [0.2, 0.25) is 0 Å². The highest BCUT2D eigenvalue weighted by atomic mass is 32.2. The van der Waals surface area contributed by atoms with E-state index in [0.29, 0.717) is 0 Å². The molecule has 1 atom stereocenters. The number of ether oxygens (including phenoxy) is 1. The Morgan fingerprint density at radius 2 is 1.74 bits per heavy atom. The van der Waals surface area contributed by atoms with E-state index in [-0.39, 0.29) is 10.5 Å². The number of methoxy groups -OCH3 is 1. The molecule has 0 aliphatic carbocycles. The number of benzene rings is 2. The van der Waals surface area contributed by atoms with E-state index in [9.17, 15) is 18.0 Å². The molecular weight excluding hydrogens is 370 g/mol. The van der Waals surface area contributed by atoms with Crippen molar-refractivity contribution in [3.8, 4) is 0 Å². The fourth-order valence-corrected chi connectivity index (χ4v) is 3.81. The second kappa shape index (κ2) is 7.50. The molecule has 1 heterocycles. The zero-order chi connectivity index (χ0) is 19.4. The van der Waals surface area contributed by atoms with Gasteiger partial charge in [-0.15, -0.1) is 0 Å². The summed E-state index contributed by atoms with van der Waals surface area (Å²) in [6.07, 6.45) is 3.27. The number of hydrogen-bond acceptors (Lipinski definition) is 6. The van der Waals surface area contributed by atoms with Crippen LogP contribution in [0.15, 0.2) is 71.8 Å². The van der Waals surface area contributed by atoms with Gasteiger partial charge in [-0.2, -0.15) is 0 Å². The molecule has 3 rings (SSSR count). The lowest BCUT2D eigenvalue weighted by molar-refractivity contribution is 0.0596. The summed E-state index contributed by atoms with van der Waals surface area (Å²) in [5, 5.41) is 1.15. The lowest BCUT2D eigenvalue weighted by Crippen LogP contribution is -2.47. The molecule has 0 bridgehead atoms. The highest BCUT2D eigenvalue weighted by molar-refractivity contribution is 7.90. The maximum Gasteiger partial charge on any atom is 0.350 e. The first-order valence-corrected chi connectivity index (χ1v) is 9.43. The van der Waals surface area contributed by atoms with Crippen LogP contribution in [-0.4, -0.2) is 32.5 Å². The number of rotatable bonds is 4. The van der Waals surface area contributed by atoms with Crippen LogP contribution in [0.25, 0.3) is 0 Å². The molecule has 27 heavy (non-hydrogen) atoms. The summed E-state index contributed by atoms with van der Waals surface area (Å²) in [6, 6.07) is 13.3. The van der Waals surface area contributed by atoms with E-state index in [2.05, 4.69) is 10.2 Å². The monoisotopic (exact) mass is 387 g/mol. The van der Waals surface area contributed by atoms with Crippen LogP contribution < -0.4 is 10.1 Å². The summed E-state index contributed by atoms with van der Waals surface area (Å²) in [5.74, 6) is -0.813. The van der Waals surface area contributed by atoms with Gasteiger partial charge in [0.1, 0.15) is 4.90 Å². The van der Waals surface area contributed by atoms with Gasteiger partial charge in [-0.25, -0.2) is 27.7 Å². The average Bonchev–Trinajstić information content (AvgIpc) is 3.18. The van der Waals surface area contributed by atoms with Gasteiger partial charge in [0.15, 0.2) is 0 Å². The van der Waals surface area contributed by atoms with Gasteiger partial charge in [-0.05, 0) is 23.8 Å². The minimum Gasteiger partial charge on any atom is -0.465 e. The molecule has 9 heteroatoms. The Morgan fingerprint density at radius 1 is 1.07 bits per heavy atom. The predicted octanol–water partition coefficient (Wildman–Crippen LogP) is 1.95. The predicted molar refractivity (Wildman–Crippen MR) is 96.8 cm³/mol. The number of carbonyl (C=O) groups excluding carboxylic acids is 2. The van der Waals surface area contributed by atoms with Crippen LogP contribution in [0, 0.1) is 0 Å². The number of esters is 1. The molecule has 0 fully saturated rings. The zero-order valence-electron chi connectivity index (χ0n) is 14.3. The SMILES string of the molecule is COC(=O)c1ccccc1S(=O)(=O)NC(=O)N1NC=CC1c1ccccc1. The fourth-order valence-electron chi connectivity index (χ4n) is 2.67. The largest absolute Gasteiger partial charge is 0.465 e. The molecule has 8 nitrogen and oxygen atoms in total. The van der Waals surface area contributed by atoms with Crippen molar-refractivity contribution in [3.63, 3.8) is 0 Å². The average molecular weight is 387 g/mol. The third kappa shape index (κ3) is 3.77. The van der Waals surface area contributed by atoms with Crippen LogP contribution in [0.5, 0.6) is 0 Å². The first-order valence-electron chi connectivity index (χ1n) is 7.95. The van der Waals surface area contributed by atoms with Crippen LogP contribution in [0.4, 0.5) is 4.79 Å². The standard InChI is InChI=1S/C18H17N3O5S/c1-26-17(22)14-9-5-6-10-16(14)27(24,25)20-18(23)21-15(11-12-19-21)13-7-3-2-4-8-13/h2-12,15,19H,1H3,(H,20,23). The van der Waals surface area contributed by atoms with Crippen molar-refractivity contribution in [1.82, 2.24) is 15.2 Å². The van der Waals surface area contributed by atoms with Gasteiger partial charge < -0.3 is 10.2 Å². The minimum absolute atomic E-state index is 0.160. The third-order valence-electron chi connectivity index (χ3n) is 3.93. The Kier molecular flexibility index (Phi) is 5.13. The summed E-state index contributed by atoms with van der Waals surface area (Å²) < 4.78 is 31.9. The molecule has 0 saturated heterocycles. The second-order valence-corrected chi connectivity index (χ2v) is 7.26. The van der Waals surface area contributed by atoms with Crippen molar-refractivity contribution in [2.45, 2.75) is 10.9 Å². The van der Waals surface area contributed by atoms with Crippen molar-refractivity contribution in [1.29, 1.82) is 0 Å². The van der Waals surface area contributed by atoms with Gasteiger partial charge in [0.05, 0.1) is 18.7 Å². The van der Waals surface area contributed by atoms with Gasteiger partial charge in [0.25, 0.3) is 10.0 Å². The van der Waals surface area contributed by atoms with Gasteiger partial charge >= 0.3 is 12.0 Å².